The van der Waals surface area contributed by atoms with E-state index >= 15 is 0 Å². The predicted molar refractivity (Wildman–Crippen MR) is 101 cm³/mol. The SMILES string of the molecule is CN(C)S(=O)(=O)c1ccc(C(=O)Nc2ccc(N3CCCC3)cn2)cc1. The normalized spacial score (nSPS) is 14.7. The molecule has 138 valence electrons. The van der Waals surface area contributed by atoms with Gasteiger partial charge in [-0.3, -0.25) is 4.79 Å². The van der Waals surface area contributed by atoms with Crippen LogP contribution < -0.4 is 10.2 Å². The molecule has 0 unspecified atom stereocenters. The molecule has 1 aliphatic heterocycles. The Kier molecular flexibility index (Phi) is 5.24. The van der Waals surface area contributed by atoms with Gasteiger partial charge >= 0.3 is 0 Å². The maximum absolute atomic E-state index is 12.3. The minimum atomic E-state index is -3.51. The fourth-order valence-electron chi connectivity index (χ4n) is 2.80. The molecule has 0 aliphatic carbocycles. The largest absolute Gasteiger partial charge is 0.370 e. The number of carbonyl (C=O) groups excluding carboxylic acids is 1. The first kappa shape index (κ1) is 18.3. The molecule has 1 aromatic heterocycles. The first-order chi connectivity index (χ1) is 12.4. The van der Waals surface area contributed by atoms with Crippen LogP contribution in [0, 0.1) is 0 Å². The summed E-state index contributed by atoms with van der Waals surface area (Å²) >= 11 is 0. The molecule has 0 saturated carbocycles. The number of hydrogen-bond donors (Lipinski definition) is 1. The lowest BCUT2D eigenvalue weighted by Crippen LogP contribution is -2.22. The maximum Gasteiger partial charge on any atom is 0.256 e. The zero-order chi connectivity index (χ0) is 18.7. The van der Waals surface area contributed by atoms with Crippen LogP contribution in [-0.4, -0.2) is 50.8 Å². The lowest BCUT2D eigenvalue weighted by Gasteiger charge is -2.17. The quantitative estimate of drug-likeness (QED) is 0.867. The van der Waals surface area contributed by atoms with E-state index < -0.39 is 10.0 Å². The van der Waals surface area contributed by atoms with Gasteiger partial charge in [-0.2, -0.15) is 0 Å². The summed E-state index contributed by atoms with van der Waals surface area (Å²) in [7, 11) is -0.575. The molecule has 1 aromatic carbocycles. The Bertz CT molecular complexity index is 872. The zero-order valence-electron chi connectivity index (χ0n) is 14.8. The number of hydrogen-bond acceptors (Lipinski definition) is 5. The summed E-state index contributed by atoms with van der Waals surface area (Å²) in [5, 5.41) is 2.73. The average Bonchev–Trinajstić information content (AvgIpc) is 3.17. The number of amides is 1. The molecule has 3 rings (SSSR count). The molecular weight excluding hydrogens is 352 g/mol. The van der Waals surface area contributed by atoms with E-state index in [0.717, 1.165) is 23.1 Å². The zero-order valence-corrected chi connectivity index (χ0v) is 15.7. The number of nitrogens with zero attached hydrogens (tertiary/aromatic N) is 3. The standard InChI is InChI=1S/C18H22N4O3S/c1-21(2)26(24,25)16-8-5-14(6-9-16)18(23)20-17-10-7-15(13-19-17)22-11-3-4-12-22/h5-10,13H,3-4,11-12H2,1-2H3,(H,19,20,23). The molecule has 0 radical (unpaired) electrons. The summed E-state index contributed by atoms with van der Waals surface area (Å²) in [4.78, 5) is 19.0. The van der Waals surface area contributed by atoms with Crippen molar-refractivity contribution in [1.29, 1.82) is 0 Å². The smallest absolute Gasteiger partial charge is 0.256 e. The highest BCUT2D eigenvalue weighted by Gasteiger charge is 2.18. The first-order valence-electron chi connectivity index (χ1n) is 8.43. The molecule has 0 atom stereocenters. The van der Waals surface area contributed by atoms with Crippen molar-refractivity contribution in [3.63, 3.8) is 0 Å². The van der Waals surface area contributed by atoms with E-state index in [2.05, 4.69) is 15.2 Å². The van der Waals surface area contributed by atoms with Gasteiger partial charge in [-0.05, 0) is 49.2 Å². The van der Waals surface area contributed by atoms with Crippen molar-refractivity contribution in [2.45, 2.75) is 17.7 Å². The van der Waals surface area contributed by atoms with Crippen molar-refractivity contribution in [2.24, 2.45) is 0 Å². The van der Waals surface area contributed by atoms with Gasteiger partial charge in [0.25, 0.3) is 5.91 Å². The number of anilines is 2. The Morgan fingerprint density at radius 2 is 1.73 bits per heavy atom. The van der Waals surface area contributed by atoms with Crippen molar-refractivity contribution in [2.75, 3.05) is 37.4 Å². The number of benzene rings is 1. The second-order valence-corrected chi connectivity index (χ2v) is 8.51. The van der Waals surface area contributed by atoms with E-state index in [4.69, 9.17) is 0 Å². The highest BCUT2D eigenvalue weighted by Crippen LogP contribution is 2.20. The van der Waals surface area contributed by atoms with Crippen LogP contribution in [-0.2, 0) is 10.0 Å². The third-order valence-corrected chi connectivity index (χ3v) is 6.19. The first-order valence-corrected chi connectivity index (χ1v) is 9.87. The topological polar surface area (TPSA) is 82.6 Å². The summed E-state index contributed by atoms with van der Waals surface area (Å²) in [6.07, 6.45) is 4.14. The van der Waals surface area contributed by atoms with Gasteiger partial charge in [-0.1, -0.05) is 0 Å². The third-order valence-electron chi connectivity index (χ3n) is 4.36. The van der Waals surface area contributed by atoms with Gasteiger partial charge in [-0.15, -0.1) is 0 Å². The number of sulfonamides is 1. The van der Waals surface area contributed by atoms with Gasteiger partial charge in [0.05, 0.1) is 16.8 Å². The molecule has 26 heavy (non-hydrogen) atoms. The lowest BCUT2D eigenvalue weighted by atomic mass is 10.2. The molecule has 1 amide bonds. The van der Waals surface area contributed by atoms with E-state index in [1.54, 1.807) is 12.3 Å². The van der Waals surface area contributed by atoms with Crippen molar-refractivity contribution in [3.05, 3.63) is 48.2 Å². The van der Waals surface area contributed by atoms with Crippen LogP contribution in [0.4, 0.5) is 11.5 Å². The molecule has 0 bridgehead atoms. The van der Waals surface area contributed by atoms with Gasteiger partial charge in [0.1, 0.15) is 5.82 Å². The average molecular weight is 374 g/mol. The summed E-state index contributed by atoms with van der Waals surface area (Å²) in [6.45, 7) is 2.07. The molecule has 1 aliphatic rings. The fraction of sp³-hybridized carbons (Fsp3) is 0.333. The Labute approximate surface area is 153 Å². The molecule has 2 aromatic rings. The van der Waals surface area contributed by atoms with Gasteiger partial charge in [0.15, 0.2) is 0 Å². The van der Waals surface area contributed by atoms with Crippen molar-refractivity contribution >= 4 is 27.4 Å². The van der Waals surface area contributed by atoms with Gasteiger partial charge in [-0.25, -0.2) is 17.7 Å². The van der Waals surface area contributed by atoms with Gasteiger partial charge in [0, 0.05) is 32.7 Å². The Balaban J connectivity index is 1.68. The molecule has 1 fully saturated rings. The number of pyridine rings is 1. The van der Waals surface area contributed by atoms with Crippen molar-refractivity contribution < 1.29 is 13.2 Å². The summed E-state index contributed by atoms with van der Waals surface area (Å²) in [6, 6.07) is 9.55. The highest BCUT2D eigenvalue weighted by molar-refractivity contribution is 7.89. The summed E-state index contributed by atoms with van der Waals surface area (Å²) < 4.78 is 25.2. The van der Waals surface area contributed by atoms with Crippen molar-refractivity contribution in [1.82, 2.24) is 9.29 Å². The fourth-order valence-corrected chi connectivity index (χ4v) is 3.70. The molecular formula is C18H22N4O3S. The second-order valence-electron chi connectivity index (χ2n) is 6.36. The van der Waals surface area contributed by atoms with E-state index in [0.29, 0.717) is 11.4 Å². The number of carbonyl (C=O) groups is 1. The molecule has 1 saturated heterocycles. The van der Waals surface area contributed by atoms with Gasteiger partial charge in [0.2, 0.25) is 10.0 Å². The number of nitrogens with one attached hydrogen (secondary N) is 1. The second kappa shape index (κ2) is 7.43. The highest BCUT2D eigenvalue weighted by atomic mass is 32.2. The number of rotatable bonds is 5. The summed E-state index contributed by atoms with van der Waals surface area (Å²) in [5.74, 6) is 0.128. The van der Waals surface area contributed by atoms with Crippen LogP contribution in [0.3, 0.4) is 0 Å². The van der Waals surface area contributed by atoms with Crippen LogP contribution >= 0.6 is 0 Å². The Hall–Kier alpha value is -2.45. The molecule has 0 spiro atoms. The minimum absolute atomic E-state index is 0.146. The van der Waals surface area contributed by atoms with Crippen LogP contribution in [0.25, 0.3) is 0 Å². The lowest BCUT2D eigenvalue weighted by molar-refractivity contribution is 0.102. The minimum Gasteiger partial charge on any atom is -0.370 e. The van der Waals surface area contributed by atoms with Crippen LogP contribution in [0.2, 0.25) is 0 Å². The Morgan fingerprint density at radius 1 is 1.08 bits per heavy atom. The van der Waals surface area contributed by atoms with E-state index in [1.807, 2.05) is 6.07 Å². The maximum atomic E-state index is 12.3. The number of aromatic nitrogens is 1. The van der Waals surface area contributed by atoms with E-state index in [1.165, 1.54) is 51.2 Å². The third kappa shape index (κ3) is 3.86. The van der Waals surface area contributed by atoms with Crippen LogP contribution in [0.1, 0.15) is 23.2 Å². The molecule has 2 heterocycles. The van der Waals surface area contributed by atoms with Crippen molar-refractivity contribution in [3.8, 4) is 0 Å². The molecule has 8 heteroatoms. The Morgan fingerprint density at radius 3 is 2.27 bits per heavy atom. The van der Waals surface area contributed by atoms with Gasteiger partial charge < -0.3 is 10.2 Å². The monoisotopic (exact) mass is 374 g/mol. The summed E-state index contributed by atoms with van der Waals surface area (Å²) in [5.41, 5.74) is 1.42. The molecule has 7 nitrogen and oxygen atoms in total. The van der Waals surface area contributed by atoms with Crippen LogP contribution in [0.15, 0.2) is 47.5 Å². The predicted octanol–water partition coefficient (Wildman–Crippen LogP) is 2.18. The van der Waals surface area contributed by atoms with E-state index in [9.17, 15) is 13.2 Å². The van der Waals surface area contributed by atoms with E-state index in [-0.39, 0.29) is 10.8 Å². The van der Waals surface area contributed by atoms with Crippen LogP contribution in [0.5, 0.6) is 0 Å². The molecule has 1 N–H and O–H groups in total.